The van der Waals surface area contributed by atoms with Gasteiger partial charge in [-0.25, -0.2) is 0 Å². The molecule has 106 valence electrons. The molecule has 1 aliphatic heterocycles. The Morgan fingerprint density at radius 1 is 1.15 bits per heavy atom. The average molecular weight is 294 g/mol. The highest BCUT2D eigenvalue weighted by atomic mass is 35.5. The summed E-state index contributed by atoms with van der Waals surface area (Å²) < 4.78 is 5.30. The van der Waals surface area contributed by atoms with E-state index in [9.17, 15) is 5.11 Å². The molecule has 0 spiro atoms. The molecule has 0 radical (unpaired) electrons. The van der Waals surface area contributed by atoms with Gasteiger partial charge in [-0.05, 0) is 36.2 Å². The largest absolute Gasteiger partial charge is 0.506 e. The number of halogens is 1. The van der Waals surface area contributed by atoms with Gasteiger partial charge in [0.2, 0.25) is 0 Å². The molecule has 1 aliphatic rings. The summed E-state index contributed by atoms with van der Waals surface area (Å²) in [5.41, 5.74) is 0.710. The van der Waals surface area contributed by atoms with Crippen molar-refractivity contribution in [3.05, 3.63) is 23.2 Å². The summed E-state index contributed by atoms with van der Waals surface area (Å²) in [4.78, 5) is 6.58. The SMILES string of the molecule is Oc1ccc(-c2nc(N3CCCCCC3)no2)cc1Cl. The van der Waals surface area contributed by atoms with Crippen LogP contribution >= 0.6 is 11.6 Å². The van der Waals surface area contributed by atoms with Gasteiger partial charge in [0.05, 0.1) is 5.02 Å². The number of rotatable bonds is 2. The summed E-state index contributed by atoms with van der Waals surface area (Å²) in [6, 6.07) is 4.85. The van der Waals surface area contributed by atoms with Crippen LogP contribution in [0.3, 0.4) is 0 Å². The zero-order chi connectivity index (χ0) is 13.9. The van der Waals surface area contributed by atoms with Crippen LogP contribution in [0.1, 0.15) is 25.7 Å². The fraction of sp³-hybridized carbons (Fsp3) is 0.429. The molecule has 0 unspecified atom stereocenters. The highest BCUT2D eigenvalue weighted by Gasteiger charge is 2.17. The van der Waals surface area contributed by atoms with Gasteiger partial charge in [0.15, 0.2) is 0 Å². The van der Waals surface area contributed by atoms with Crippen molar-refractivity contribution in [2.45, 2.75) is 25.7 Å². The Bertz CT molecular complexity index is 592. The van der Waals surface area contributed by atoms with Crippen LogP contribution in [0.5, 0.6) is 5.75 Å². The molecule has 20 heavy (non-hydrogen) atoms. The molecule has 1 saturated heterocycles. The molecule has 2 heterocycles. The van der Waals surface area contributed by atoms with Crippen LogP contribution in [-0.4, -0.2) is 28.3 Å². The Labute approximate surface area is 122 Å². The Balaban J connectivity index is 1.83. The number of phenols is 1. The van der Waals surface area contributed by atoms with Gasteiger partial charge in [-0.15, -0.1) is 0 Å². The van der Waals surface area contributed by atoms with E-state index in [0.29, 0.717) is 17.4 Å². The number of aromatic nitrogens is 2. The van der Waals surface area contributed by atoms with Crippen molar-refractivity contribution in [1.29, 1.82) is 0 Å². The summed E-state index contributed by atoms with van der Waals surface area (Å²) in [5, 5.41) is 13.7. The third-order valence-corrected chi connectivity index (χ3v) is 3.80. The average Bonchev–Trinajstić information content (AvgIpc) is 2.78. The number of nitrogens with zero attached hydrogens (tertiary/aromatic N) is 3. The van der Waals surface area contributed by atoms with E-state index in [-0.39, 0.29) is 10.8 Å². The fourth-order valence-electron chi connectivity index (χ4n) is 2.37. The zero-order valence-corrected chi connectivity index (χ0v) is 11.8. The van der Waals surface area contributed by atoms with Gasteiger partial charge >= 0.3 is 0 Å². The lowest BCUT2D eigenvalue weighted by Gasteiger charge is -2.16. The maximum Gasteiger partial charge on any atom is 0.266 e. The summed E-state index contributed by atoms with van der Waals surface area (Å²) in [5.74, 6) is 1.10. The minimum Gasteiger partial charge on any atom is -0.506 e. The predicted octanol–water partition coefficient (Wildman–Crippen LogP) is 3.48. The fourth-order valence-corrected chi connectivity index (χ4v) is 2.55. The van der Waals surface area contributed by atoms with Crippen molar-refractivity contribution >= 4 is 17.5 Å². The van der Waals surface area contributed by atoms with Crippen molar-refractivity contribution in [3.8, 4) is 17.2 Å². The summed E-state index contributed by atoms with van der Waals surface area (Å²) in [6.07, 6.45) is 4.84. The number of aromatic hydroxyl groups is 1. The molecular formula is C14H16ClN3O2. The van der Waals surface area contributed by atoms with Crippen molar-refractivity contribution < 1.29 is 9.63 Å². The Morgan fingerprint density at radius 2 is 1.90 bits per heavy atom. The van der Waals surface area contributed by atoms with E-state index in [1.54, 1.807) is 12.1 Å². The van der Waals surface area contributed by atoms with Crippen LogP contribution < -0.4 is 4.90 Å². The molecule has 0 atom stereocenters. The molecule has 5 nitrogen and oxygen atoms in total. The number of phenolic OH excluding ortho intramolecular Hbond substituents is 1. The third-order valence-electron chi connectivity index (χ3n) is 3.50. The van der Waals surface area contributed by atoms with Crippen LogP contribution in [0.4, 0.5) is 5.95 Å². The van der Waals surface area contributed by atoms with E-state index >= 15 is 0 Å². The highest BCUT2D eigenvalue weighted by molar-refractivity contribution is 6.32. The standard InChI is InChI=1S/C14H16ClN3O2/c15-11-9-10(5-6-12(11)19)13-16-14(17-20-13)18-7-3-1-2-4-8-18/h5-6,9,19H,1-4,7-8H2. The van der Waals surface area contributed by atoms with Gasteiger partial charge in [-0.2, -0.15) is 4.98 Å². The molecular weight excluding hydrogens is 278 g/mol. The van der Waals surface area contributed by atoms with Gasteiger partial charge < -0.3 is 14.5 Å². The first-order chi connectivity index (χ1) is 9.74. The monoisotopic (exact) mass is 293 g/mol. The van der Waals surface area contributed by atoms with Crippen LogP contribution in [0.15, 0.2) is 22.7 Å². The number of anilines is 1. The van der Waals surface area contributed by atoms with Crippen molar-refractivity contribution in [2.75, 3.05) is 18.0 Å². The highest BCUT2D eigenvalue weighted by Crippen LogP contribution is 2.29. The molecule has 1 aromatic heterocycles. The van der Waals surface area contributed by atoms with E-state index in [2.05, 4.69) is 15.0 Å². The second-order valence-corrected chi connectivity index (χ2v) is 5.37. The van der Waals surface area contributed by atoms with Gasteiger partial charge in [0, 0.05) is 18.7 Å². The van der Waals surface area contributed by atoms with E-state index < -0.39 is 0 Å². The van der Waals surface area contributed by atoms with Crippen molar-refractivity contribution in [3.63, 3.8) is 0 Å². The first-order valence-electron chi connectivity index (χ1n) is 6.81. The first-order valence-corrected chi connectivity index (χ1v) is 7.19. The van der Waals surface area contributed by atoms with Crippen molar-refractivity contribution in [1.82, 2.24) is 10.1 Å². The summed E-state index contributed by atoms with van der Waals surface area (Å²) >= 11 is 5.89. The molecule has 6 heteroatoms. The van der Waals surface area contributed by atoms with E-state index in [1.807, 2.05) is 0 Å². The topological polar surface area (TPSA) is 62.4 Å². The predicted molar refractivity (Wildman–Crippen MR) is 77.1 cm³/mol. The van der Waals surface area contributed by atoms with Crippen LogP contribution in [0.25, 0.3) is 11.5 Å². The molecule has 0 bridgehead atoms. The molecule has 3 rings (SSSR count). The van der Waals surface area contributed by atoms with E-state index in [4.69, 9.17) is 16.1 Å². The van der Waals surface area contributed by atoms with Crippen LogP contribution in [-0.2, 0) is 0 Å². The molecule has 0 saturated carbocycles. The summed E-state index contributed by atoms with van der Waals surface area (Å²) in [6.45, 7) is 1.94. The van der Waals surface area contributed by atoms with Crippen molar-refractivity contribution in [2.24, 2.45) is 0 Å². The minimum absolute atomic E-state index is 0.0441. The quantitative estimate of drug-likeness (QED) is 0.918. The number of hydrogen-bond acceptors (Lipinski definition) is 5. The first kappa shape index (κ1) is 13.2. The molecule has 0 amide bonds. The lowest BCUT2D eigenvalue weighted by molar-refractivity contribution is 0.429. The Hall–Kier alpha value is -1.75. The molecule has 0 aliphatic carbocycles. The molecule has 1 N–H and O–H groups in total. The Morgan fingerprint density at radius 3 is 2.60 bits per heavy atom. The van der Waals surface area contributed by atoms with Crippen LogP contribution in [0.2, 0.25) is 5.02 Å². The lowest BCUT2D eigenvalue weighted by Crippen LogP contribution is -2.24. The Kier molecular flexibility index (Phi) is 3.78. The second kappa shape index (κ2) is 5.71. The maximum atomic E-state index is 9.42. The maximum absolute atomic E-state index is 9.42. The van der Waals surface area contributed by atoms with Gasteiger partial charge in [-0.3, -0.25) is 0 Å². The third kappa shape index (κ3) is 2.72. The van der Waals surface area contributed by atoms with E-state index in [1.165, 1.54) is 18.9 Å². The number of benzene rings is 1. The molecule has 2 aromatic rings. The van der Waals surface area contributed by atoms with Gasteiger partial charge in [-0.1, -0.05) is 24.4 Å². The number of hydrogen-bond donors (Lipinski definition) is 1. The van der Waals surface area contributed by atoms with E-state index in [0.717, 1.165) is 25.9 Å². The molecule has 1 aromatic carbocycles. The summed E-state index contributed by atoms with van der Waals surface area (Å²) in [7, 11) is 0. The lowest BCUT2D eigenvalue weighted by atomic mass is 10.2. The van der Waals surface area contributed by atoms with Gasteiger partial charge in [0.25, 0.3) is 11.8 Å². The van der Waals surface area contributed by atoms with Crippen LogP contribution in [0, 0.1) is 0 Å². The minimum atomic E-state index is 0.0441. The molecule has 1 fully saturated rings. The van der Waals surface area contributed by atoms with Gasteiger partial charge in [0.1, 0.15) is 5.75 Å². The second-order valence-electron chi connectivity index (χ2n) is 4.97. The smallest absolute Gasteiger partial charge is 0.266 e. The zero-order valence-electron chi connectivity index (χ0n) is 11.0. The normalized spacial score (nSPS) is 16.1.